The van der Waals surface area contributed by atoms with E-state index in [9.17, 15) is 0 Å². The van der Waals surface area contributed by atoms with Gasteiger partial charge in [-0.3, -0.25) is 0 Å². The van der Waals surface area contributed by atoms with E-state index in [1.54, 1.807) is 0 Å². The molecule has 0 nitrogen and oxygen atoms in total. The summed E-state index contributed by atoms with van der Waals surface area (Å²) in [7, 11) is 0. The van der Waals surface area contributed by atoms with E-state index in [0.29, 0.717) is 5.92 Å². The zero-order valence-corrected chi connectivity index (χ0v) is 26.9. The van der Waals surface area contributed by atoms with Crippen molar-refractivity contribution < 1.29 is 196 Å². The van der Waals surface area contributed by atoms with Gasteiger partial charge in [-0.25, -0.2) is 0 Å². The molecule has 0 spiro atoms. The first-order valence-corrected chi connectivity index (χ1v) is 3.88. The maximum Gasteiger partial charge on any atom is 0 e. The van der Waals surface area contributed by atoms with E-state index in [1.807, 2.05) is 0 Å². The molecule has 0 aromatic carbocycles. The average Bonchev–Trinajstić information content (AvgIpc) is 2.14. The first-order chi connectivity index (χ1) is 4.20. The summed E-state index contributed by atoms with van der Waals surface area (Å²) in [5, 5.41) is 0. The SMILES string of the molecule is C.[CH2-]C1[CH-]C(C(C)C)CC1.[Y].[Y].[Y].[Y].[Y].[Y]. The van der Waals surface area contributed by atoms with Crippen molar-refractivity contribution in [2.45, 2.75) is 34.1 Å². The summed E-state index contributed by atoms with van der Waals surface area (Å²) in [5.41, 5.74) is 0. The van der Waals surface area contributed by atoms with Crippen LogP contribution in [-0.4, -0.2) is 0 Å². The van der Waals surface area contributed by atoms with Gasteiger partial charge >= 0.3 is 0 Å². The minimum atomic E-state index is 0. The van der Waals surface area contributed by atoms with E-state index in [4.69, 9.17) is 0 Å². The van der Waals surface area contributed by atoms with Crippen molar-refractivity contribution >= 4 is 0 Å². The molecule has 2 unspecified atom stereocenters. The first kappa shape index (κ1) is 43.3. The Morgan fingerprint density at radius 1 is 0.938 bits per heavy atom. The van der Waals surface area contributed by atoms with Gasteiger partial charge in [-0.1, -0.05) is 33.6 Å². The molecule has 0 aromatic heterocycles. The maximum absolute atomic E-state index is 4.01. The van der Waals surface area contributed by atoms with E-state index in [1.165, 1.54) is 12.8 Å². The third-order valence-electron chi connectivity index (χ3n) is 2.25. The van der Waals surface area contributed by atoms with Gasteiger partial charge in [-0.2, -0.15) is 5.92 Å². The predicted molar refractivity (Wildman–Crippen MR) is 47.4 cm³/mol. The van der Waals surface area contributed by atoms with Crippen LogP contribution in [-0.2, 0) is 196 Å². The van der Waals surface area contributed by atoms with Gasteiger partial charge in [-0.05, 0) is 0 Å². The molecule has 80 valence electrons. The molecule has 1 aliphatic carbocycles. The van der Waals surface area contributed by atoms with Crippen LogP contribution >= 0.6 is 0 Å². The monoisotopic (exact) mass is 674 g/mol. The standard InChI is InChI=1S/C9H16.CH4.6Y/c1-7(2)9-5-4-8(3)6-9;;;;;;;/h6-9H,3-5H2,1-2H3;1H4;;;;;;/q-2;;;;;;;. The zero-order valence-electron chi connectivity index (χ0n) is 9.89. The second kappa shape index (κ2) is 26.5. The van der Waals surface area contributed by atoms with Gasteiger partial charge in [0.25, 0.3) is 0 Å². The summed E-state index contributed by atoms with van der Waals surface area (Å²) in [5.74, 6) is 2.32. The molecular formula is C10H20Y6-2. The van der Waals surface area contributed by atoms with Gasteiger partial charge in [0.1, 0.15) is 0 Å². The van der Waals surface area contributed by atoms with Crippen LogP contribution in [0.2, 0.25) is 0 Å². The summed E-state index contributed by atoms with van der Waals surface area (Å²) in [6, 6.07) is 0. The third-order valence-corrected chi connectivity index (χ3v) is 2.25. The number of hydrogen-bond acceptors (Lipinski definition) is 0. The van der Waals surface area contributed by atoms with Crippen molar-refractivity contribution in [3.8, 4) is 0 Å². The van der Waals surface area contributed by atoms with E-state index in [2.05, 4.69) is 27.2 Å². The molecule has 0 amide bonds. The molecule has 0 aliphatic heterocycles. The van der Waals surface area contributed by atoms with Crippen LogP contribution < -0.4 is 0 Å². The fourth-order valence-electron chi connectivity index (χ4n) is 1.50. The van der Waals surface area contributed by atoms with Crippen LogP contribution in [0.5, 0.6) is 0 Å². The molecule has 0 saturated heterocycles. The van der Waals surface area contributed by atoms with Gasteiger partial charge in [-0.15, -0.1) is 6.42 Å². The van der Waals surface area contributed by atoms with Crippen LogP contribution in [0.25, 0.3) is 0 Å². The molecule has 1 saturated carbocycles. The Bertz CT molecular complexity index is 99.3. The van der Waals surface area contributed by atoms with Crippen LogP contribution in [0, 0.1) is 31.1 Å². The topological polar surface area (TPSA) is 0 Å². The number of hydrogen-bond donors (Lipinski definition) is 0. The molecule has 2 atom stereocenters. The minimum absolute atomic E-state index is 0. The van der Waals surface area contributed by atoms with Gasteiger partial charge < -0.3 is 19.3 Å². The molecule has 1 rings (SSSR count). The van der Waals surface area contributed by atoms with Crippen molar-refractivity contribution in [3.05, 3.63) is 13.3 Å². The van der Waals surface area contributed by atoms with E-state index < -0.39 is 0 Å². The molecule has 6 radical (unpaired) electrons. The minimum Gasteiger partial charge on any atom is -0.369 e. The van der Waals surface area contributed by atoms with E-state index in [0.717, 1.165) is 11.8 Å². The third kappa shape index (κ3) is 20.6. The fraction of sp³-hybridized carbons (Fsp3) is 0.800. The van der Waals surface area contributed by atoms with Crippen LogP contribution in [0.3, 0.4) is 0 Å². The summed E-state index contributed by atoms with van der Waals surface area (Å²) < 4.78 is 0. The molecule has 6 heteroatoms. The Kier molecular flexibility index (Phi) is 71.8. The average molecular weight is 674 g/mol. The zero-order chi connectivity index (χ0) is 6.85. The molecule has 16 heavy (non-hydrogen) atoms. The first-order valence-electron chi connectivity index (χ1n) is 3.88. The summed E-state index contributed by atoms with van der Waals surface area (Å²) in [6.45, 7) is 8.60. The Morgan fingerprint density at radius 2 is 1.31 bits per heavy atom. The molecule has 0 aromatic rings. The molecule has 1 fully saturated rings. The maximum atomic E-state index is 4.01. The fourth-order valence-corrected chi connectivity index (χ4v) is 1.50. The Morgan fingerprint density at radius 3 is 1.44 bits per heavy atom. The second-order valence-electron chi connectivity index (χ2n) is 3.44. The smallest absolute Gasteiger partial charge is 0 e. The Balaban J connectivity index is -0.0000000231. The molecular weight excluding hydrogens is 654 g/mol. The van der Waals surface area contributed by atoms with Crippen molar-refractivity contribution in [1.29, 1.82) is 0 Å². The molecule has 0 N–H and O–H groups in total. The van der Waals surface area contributed by atoms with Crippen molar-refractivity contribution in [1.82, 2.24) is 0 Å². The summed E-state index contributed by atoms with van der Waals surface area (Å²) >= 11 is 0. The Hall–Kier alpha value is 6.62. The van der Waals surface area contributed by atoms with Crippen molar-refractivity contribution in [2.75, 3.05) is 0 Å². The molecule has 1 aliphatic rings. The van der Waals surface area contributed by atoms with Gasteiger partial charge in [0, 0.05) is 196 Å². The van der Waals surface area contributed by atoms with Gasteiger partial charge in [0.2, 0.25) is 0 Å². The van der Waals surface area contributed by atoms with Gasteiger partial charge in [0.05, 0.1) is 0 Å². The van der Waals surface area contributed by atoms with E-state index >= 15 is 0 Å². The van der Waals surface area contributed by atoms with Crippen molar-refractivity contribution in [3.63, 3.8) is 0 Å². The normalized spacial score (nSPS) is 20.2. The van der Waals surface area contributed by atoms with Gasteiger partial charge in [0.15, 0.2) is 0 Å². The van der Waals surface area contributed by atoms with Crippen LogP contribution in [0.4, 0.5) is 0 Å². The van der Waals surface area contributed by atoms with Crippen LogP contribution in [0.1, 0.15) is 34.1 Å². The second-order valence-corrected chi connectivity index (χ2v) is 3.44. The largest absolute Gasteiger partial charge is 0.369 e. The Labute approximate surface area is 254 Å². The molecule has 0 bridgehead atoms. The number of rotatable bonds is 1. The quantitative estimate of drug-likeness (QED) is 0.375. The van der Waals surface area contributed by atoms with Crippen molar-refractivity contribution in [2.24, 2.45) is 17.8 Å². The summed E-state index contributed by atoms with van der Waals surface area (Å²) in [6.07, 6.45) is 5.08. The molecule has 0 heterocycles. The van der Waals surface area contributed by atoms with Crippen LogP contribution in [0.15, 0.2) is 0 Å². The predicted octanol–water partition coefficient (Wildman–Crippen LogP) is 3.33. The van der Waals surface area contributed by atoms with E-state index in [-0.39, 0.29) is 204 Å². The summed E-state index contributed by atoms with van der Waals surface area (Å²) in [4.78, 5) is 0.